The Morgan fingerprint density at radius 3 is 2.68 bits per heavy atom. The molecular weight excluding hydrogens is 242 g/mol. The van der Waals surface area contributed by atoms with Gasteiger partial charge in [-0.15, -0.1) is 0 Å². The molecule has 1 aromatic heterocycles. The van der Waals surface area contributed by atoms with E-state index in [4.69, 9.17) is 19.6 Å². The molecule has 0 saturated carbocycles. The quantitative estimate of drug-likeness (QED) is 0.922. The Kier molecular flexibility index (Phi) is 3.31. The number of furan rings is 1. The first-order valence-electron chi connectivity index (χ1n) is 6.62. The van der Waals surface area contributed by atoms with Gasteiger partial charge in [-0.1, -0.05) is 18.2 Å². The highest BCUT2D eigenvalue weighted by atomic mass is 16.5. The molecule has 0 amide bonds. The van der Waals surface area contributed by atoms with Crippen LogP contribution in [0.1, 0.15) is 24.6 Å². The number of methoxy groups -OCH3 is 1. The molecule has 4 nitrogen and oxygen atoms in total. The normalized spacial score (nSPS) is 20.5. The molecule has 0 radical (unpaired) electrons. The van der Waals surface area contributed by atoms with E-state index in [1.807, 2.05) is 30.3 Å². The maximum atomic E-state index is 6.40. The highest BCUT2D eigenvalue weighted by molar-refractivity contribution is 5.77. The summed E-state index contributed by atoms with van der Waals surface area (Å²) >= 11 is 0. The van der Waals surface area contributed by atoms with E-state index < -0.39 is 0 Å². The Morgan fingerprint density at radius 2 is 2.00 bits per heavy atom. The van der Waals surface area contributed by atoms with E-state index in [0.717, 1.165) is 29.6 Å². The van der Waals surface area contributed by atoms with E-state index in [1.165, 1.54) is 0 Å². The molecule has 2 N–H and O–H groups in total. The number of benzene rings is 1. The van der Waals surface area contributed by atoms with Crippen molar-refractivity contribution in [2.24, 2.45) is 5.73 Å². The number of ether oxygens (including phenoxy) is 2. The Balaban J connectivity index is 1.95. The van der Waals surface area contributed by atoms with Gasteiger partial charge in [-0.3, -0.25) is 0 Å². The second-order valence-corrected chi connectivity index (χ2v) is 5.05. The lowest BCUT2D eigenvalue weighted by atomic mass is 9.85. The number of hydrogen-bond donors (Lipinski definition) is 1. The van der Waals surface area contributed by atoms with Crippen LogP contribution in [0.2, 0.25) is 0 Å². The summed E-state index contributed by atoms with van der Waals surface area (Å²) < 4.78 is 17.0. The molecule has 1 saturated heterocycles. The van der Waals surface area contributed by atoms with Crippen molar-refractivity contribution in [3.05, 3.63) is 36.1 Å². The summed E-state index contributed by atoms with van der Waals surface area (Å²) in [6.45, 7) is 1.36. The van der Waals surface area contributed by atoms with Crippen LogP contribution in [-0.2, 0) is 9.47 Å². The molecule has 1 aliphatic rings. The number of para-hydroxylation sites is 1. The molecule has 1 aliphatic heterocycles. The average Bonchev–Trinajstić information content (AvgIpc) is 2.91. The fourth-order valence-electron chi connectivity index (χ4n) is 2.77. The second kappa shape index (κ2) is 4.96. The van der Waals surface area contributed by atoms with Gasteiger partial charge in [-0.25, -0.2) is 0 Å². The van der Waals surface area contributed by atoms with Crippen LogP contribution in [0.3, 0.4) is 0 Å². The average molecular weight is 261 g/mol. The molecule has 3 rings (SSSR count). The van der Waals surface area contributed by atoms with E-state index in [2.05, 4.69) is 0 Å². The van der Waals surface area contributed by atoms with Crippen LogP contribution >= 0.6 is 0 Å². The zero-order chi connectivity index (χ0) is 13.3. The topological polar surface area (TPSA) is 57.6 Å². The van der Waals surface area contributed by atoms with E-state index in [0.29, 0.717) is 13.2 Å². The van der Waals surface area contributed by atoms with Crippen molar-refractivity contribution in [2.75, 3.05) is 20.3 Å². The second-order valence-electron chi connectivity index (χ2n) is 5.05. The van der Waals surface area contributed by atoms with Crippen LogP contribution in [0.15, 0.2) is 34.7 Å². The molecule has 0 aliphatic carbocycles. The maximum Gasteiger partial charge on any atom is 0.134 e. The standard InChI is InChI=1S/C15H19NO3/c1-17-15(6-8-18-9-7-15)14(16)13-10-11-4-2-3-5-12(11)19-13/h2-5,10,14H,6-9,16H2,1H3. The van der Waals surface area contributed by atoms with E-state index in [-0.39, 0.29) is 11.6 Å². The van der Waals surface area contributed by atoms with Crippen LogP contribution < -0.4 is 5.73 Å². The van der Waals surface area contributed by atoms with Gasteiger partial charge in [0.05, 0.1) is 11.6 Å². The van der Waals surface area contributed by atoms with Crippen molar-refractivity contribution in [2.45, 2.75) is 24.5 Å². The van der Waals surface area contributed by atoms with E-state index in [1.54, 1.807) is 7.11 Å². The highest BCUT2D eigenvalue weighted by Crippen LogP contribution is 2.37. The van der Waals surface area contributed by atoms with E-state index in [9.17, 15) is 0 Å². The first kappa shape index (κ1) is 12.7. The van der Waals surface area contributed by atoms with Crippen LogP contribution in [-0.4, -0.2) is 25.9 Å². The third kappa shape index (κ3) is 2.16. The summed E-state index contributed by atoms with van der Waals surface area (Å²) in [5.41, 5.74) is 6.89. The zero-order valence-electron chi connectivity index (χ0n) is 11.1. The highest BCUT2D eigenvalue weighted by Gasteiger charge is 2.41. The van der Waals surface area contributed by atoms with Crippen molar-refractivity contribution in [1.29, 1.82) is 0 Å². The van der Waals surface area contributed by atoms with Crippen molar-refractivity contribution in [1.82, 2.24) is 0 Å². The molecule has 1 aromatic carbocycles. The van der Waals surface area contributed by atoms with Crippen molar-refractivity contribution in [3.8, 4) is 0 Å². The summed E-state index contributed by atoms with van der Waals surface area (Å²) in [7, 11) is 1.72. The first-order valence-corrected chi connectivity index (χ1v) is 6.62. The Bertz CT molecular complexity index is 524. The minimum Gasteiger partial charge on any atom is -0.459 e. The summed E-state index contributed by atoms with van der Waals surface area (Å²) in [6, 6.07) is 9.67. The molecule has 4 heteroatoms. The maximum absolute atomic E-state index is 6.40. The Labute approximate surface area is 112 Å². The number of fused-ring (bicyclic) bond motifs is 1. The molecular formula is C15H19NO3. The zero-order valence-corrected chi connectivity index (χ0v) is 11.1. The molecule has 1 fully saturated rings. The van der Waals surface area contributed by atoms with E-state index >= 15 is 0 Å². The first-order chi connectivity index (χ1) is 9.25. The van der Waals surface area contributed by atoms with Gasteiger partial charge >= 0.3 is 0 Å². The van der Waals surface area contributed by atoms with Gasteiger partial charge in [0.2, 0.25) is 0 Å². The predicted molar refractivity (Wildman–Crippen MR) is 72.9 cm³/mol. The summed E-state index contributed by atoms with van der Waals surface area (Å²) in [5, 5.41) is 1.08. The lowest BCUT2D eigenvalue weighted by molar-refractivity contribution is -0.107. The minimum atomic E-state index is -0.383. The largest absolute Gasteiger partial charge is 0.459 e. The summed E-state index contributed by atoms with van der Waals surface area (Å²) in [5.74, 6) is 0.782. The molecule has 1 unspecified atom stereocenters. The van der Waals surface area contributed by atoms with Gasteiger partial charge < -0.3 is 19.6 Å². The van der Waals surface area contributed by atoms with Gasteiger partial charge in [-0.2, -0.15) is 0 Å². The lowest BCUT2D eigenvalue weighted by Gasteiger charge is -2.39. The number of nitrogens with two attached hydrogens (primary N) is 1. The predicted octanol–water partition coefficient (Wildman–Crippen LogP) is 2.63. The molecule has 2 heterocycles. The van der Waals surface area contributed by atoms with Crippen LogP contribution in [0.4, 0.5) is 0 Å². The van der Waals surface area contributed by atoms with Crippen LogP contribution in [0, 0.1) is 0 Å². The fourth-order valence-corrected chi connectivity index (χ4v) is 2.77. The molecule has 0 bridgehead atoms. The molecule has 19 heavy (non-hydrogen) atoms. The van der Waals surface area contributed by atoms with Gasteiger partial charge in [0.25, 0.3) is 0 Å². The fraction of sp³-hybridized carbons (Fsp3) is 0.467. The van der Waals surface area contributed by atoms with Crippen LogP contribution in [0.5, 0.6) is 0 Å². The molecule has 1 atom stereocenters. The third-order valence-corrected chi connectivity index (χ3v) is 4.06. The van der Waals surface area contributed by atoms with Gasteiger partial charge in [0, 0.05) is 38.6 Å². The minimum absolute atomic E-state index is 0.270. The Morgan fingerprint density at radius 1 is 1.26 bits per heavy atom. The molecule has 2 aromatic rings. The van der Waals surface area contributed by atoms with Gasteiger partial charge in [0.1, 0.15) is 11.3 Å². The smallest absolute Gasteiger partial charge is 0.134 e. The van der Waals surface area contributed by atoms with Gasteiger partial charge in [-0.05, 0) is 12.1 Å². The van der Waals surface area contributed by atoms with Crippen molar-refractivity contribution < 1.29 is 13.9 Å². The third-order valence-electron chi connectivity index (χ3n) is 4.06. The Hall–Kier alpha value is -1.36. The SMILES string of the molecule is COC1(C(N)c2cc3ccccc3o2)CCOCC1. The summed E-state index contributed by atoms with van der Waals surface area (Å²) in [6.07, 6.45) is 1.59. The van der Waals surface area contributed by atoms with Crippen LogP contribution in [0.25, 0.3) is 11.0 Å². The number of rotatable bonds is 3. The summed E-state index contributed by atoms with van der Waals surface area (Å²) in [4.78, 5) is 0. The van der Waals surface area contributed by atoms with Gasteiger partial charge in [0.15, 0.2) is 0 Å². The lowest BCUT2D eigenvalue weighted by Crippen LogP contribution is -2.47. The monoisotopic (exact) mass is 261 g/mol. The molecule has 0 spiro atoms. The molecule has 102 valence electrons. The van der Waals surface area contributed by atoms with Crippen molar-refractivity contribution >= 4 is 11.0 Å². The van der Waals surface area contributed by atoms with Crippen molar-refractivity contribution in [3.63, 3.8) is 0 Å². The number of hydrogen-bond acceptors (Lipinski definition) is 4.